The van der Waals surface area contributed by atoms with Crippen molar-refractivity contribution in [2.24, 2.45) is 0 Å². The number of aromatic amines is 1. The van der Waals surface area contributed by atoms with Crippen molar-refractivity contribution in [2.75, 3.05) is 7.11 Å². The molecule has 0 amide bonds. The highest BCUT2D eigenvalue weighted by molar-refractivity contribution is 6.30. The third-order valence-corrected chi connectivity index (χ3v) is 3.51. The lowest BCUT2D eigenvalue weighted by Gasteiger charge is -2.08. The fourth-order valence-electron chi connectivity index (χ4n) is 2.35. The van der Waals surface area contributed by atoms with Gasteiger partial charge in [-0.15, -0.1) is 0 Å². The molecule has 0 saturated heterocycles. The highest BCUT2D eigenvalue weighted by Crippen LogP contribution is 2.37. The van der Waals surface area contributed by atoms with Crippen molar-refractivity contribution in [3.63, 3.8) is 0 Å². The maximum absolute atomic E-state index is 6.08. The van der Waals surface area contributed by atoms with Crippen LogP contribution in [-0.2, 0) is 0 Å². The van der Waals surface area contributed by atoms with Crippen LogP contribution in [-0.4, -0.2) is 22.3 Å². The lowest BCUT2D eigenvalue weighted by molar-refractivity contribution is 0.399. The molecule has 3 aromatic rings. The van der Waals surface area contributed by atoms with E-state index in [0.29, 0.717) is 10.9 Å². The van der Waals surface area contributed by atoms with E-state index in [-0.39, 0.29) is 0 Å². The van der Waals surface area contributed by atoms with Crippen molar-refractivity contribution in [1.82, 2.24) is 15.2 Å². The van der Waals surface area contributed by atoms with Gasteiger partial charge >= 0.3 is 0 Å². The van der Waals surface area contributed by atoms with Gasteiger partial charge in [0, 0.05) is 33.6 Å². The first-order valence-electron chi connectivity index (χ1n) is 6.51. The van der Waals surface area contributed by atoms with Crippen LogP contribution in [0.2, 0.25) is 5.02 Å². The molecular weight excluding hydrogens is 286 g/mol. The summed E-state index contributed by atoms with van der Waals surface area (Å²) in [5.74, 6) is 0.574. The topological polar surface area (TPSA) is 50.8 Å². The first kappa shape index (κ1) is 13.6. The monoisotopic (exact) mass is 299 g/mol. The van der Waals surface area contributed by atoms with E-state index in [1.807, 2.05) is 43.3 Å². The standard InChI is InChI=1S/C16H14ClN3O/c1-10-14(13-7-4-8-18-16(13)21-2)15(20-19-10)11-5-3-6-12(17)9-11/h3-9H,1-2H3,(H,19,20). The van der Waals surface area contributed by atoms with Gasteiger partial charge in [-0.25, -0.2) is 4.98 Å². The Hall–Kier alpha value is -2.33. The summed E-state index contributed by atoms with van der Waals surface area (Å²) in [7, 11) is 1.61. The number of benzene rings is 1. The molecule has 0 fully saturated rings. The van der Waals surface area contributed by atoms with Crippen LogP contribution in [0.3, 0.4) is 0 Å². The molecule has 3 rings (SSSR count). The quantitative estimate of drug-likeness (QED) is 0.792. The number of hydrogen-bond acceptors (Lipinski definition) is 3. The van der Waals surface area contributed by atoms with E-state index >= 15 is 0 Å². The second-order valence-corrected chi connectivity index (χ2v) is 5.08. The minimum atomic E-state index is 0.574. The van der Waals surface area contributed by atoms with Crippen LogP contribution in [0.25, 0.3) is 22.4 Å². The minimum absolute atomic E-state index is 0.574. The van der Waals surface area contributed by atoms with Gasteiger partial charge in [-0.3, -0.25) is 5.10 Å². The number of aromatic nitrogens is 3. The first-order chi connectivity index (χ1) is 10.2. The van der Waals surface area contributed by atoms with Crippen molar-refractivity contribution in [3.8, 4) is 28.3 Å². The van der Waals surface area contributed by atoms with Crippen molar-refractivity contribution in [1.29, 1.82) is 0 Å². The smallest absolute Gasteiger partial charge is 0.221 e. The van der Waals surface area contributed by atoms with E-state index in [0.717, 1.165) is 28.1 Å². The lowest BCUT2D eigenvalue weighted by Crippen LogP contribution is -1.92. The summed E-state index contributed by atoms with van der Waals surface area (Å²) in [4.78, 5) is 4.26. The first-order valence-corrected chi connectivity index (χ1v) is 6.89. The van der Waals surface area contributed by atoms with Gasteiger partial charge in [0.25, 0.3) is 0 Å². The number of aryl methyl sites for hydroxylation is 1. The number of halogens is 1. The second-order valence-electron chi connectivity index (χ2n) is 4.64. The molecule has 0 aliphatic carbocycles. The summed E-state index contributed by atoms with van der Waals surface area (Å²) in [5, 5.41) is 8.12. The predicted molar refractivity (Wildman–Crippen MR) is 83.6 cm³/mol. The number of H-pyrrole nitrogens is 1. The number of nitrogens with zero attached hydrogens (tertiary/aromatic N) is 2. The van der Waals surface area contributed by atoms with E-state index in [4.69, 9.17) is 16.3 Å². The van der Waals surface area contributed by atoms with Crippen LogP contribution in [0.5, 0.6) is 5.88 Å². The molecule has 0 bridgehead atoms. The Balaban J connectivity index is 2.22. The average Bonchev–Trinajstić information content (AvgIpc) is 2.89. The Morgan fingerprint density at radius 1 is 1.19 bits per heavy atom. The van der Waals surface area contributed by atoms with Gasteiger partial charge < -0.3 is 4.74 Å². The predicted octanol–water partition coefficient (Wildman–Crippen LogP) is 4.11. The van der Waals surface area contributed by atoms with Crippen molar-refractivity contribution in [2.45, 2.75) is 6.92 Å². The van der Waals surface area contributed by atoms with Gasteiger partial charge in [-0.1, -0.05) is 23.7 Å². The van der Waals surface area contributed by atoms with Crippen LogP contribution in [0.4, 0.5) is 0 Å². The van der Waals surface area contributed by atoms with E-state index in [2.05, 4.69) is 15.2 Å². The zero-order valence-corrected chi connectivity index (χ0v) is 12.5. The van der Waals surface area contributed by atoms with Gasteiger partial charge in [-0.2, -0.15) is 5.10 Å². The molecule has 0 aliphatic rings. The Labute approximate surface area is 127 Å². The summed E-state index contributed by atoms with van der Waals surface area (Å²) < 4.78 is 5.36. The molecule has 0 aliphatic heterocycles. The molecule has 106 valence electrons. The summed E-state index contributed by atoms with van der Waals surface area (Å²) >= 11 is 6.08. The van der Waals surface area contributed by atoms with Crippen molar-refractivity contribution in [3.05, 3.63) is 53.3 Å². The van der Waals surface area contributed by atoms with E-state index in [9.17, 15) is 0 Å². The number of hydrogen-bond donors (Lipinski definition) is 1. The van der Waals surface area contributed by atoms with Crippen molar-refractivity contribution >= 4 is 11.6 Å². The molecule has 21 heavy (non-hydrogen) atoms. The fourth-order valence-corrected chi connectivity index (χ4v) is 2.54. The van der Waals surface area contributed by atoms with Crippen LogP contribution in [0.15, 0.2) is 42.6 Å². The highest BCUT2D eigenvalue weighted by atomic mass is 35.5. The summed E-state index contributed by atoms with van der Waals surface area (Å²) in [6, 6.07) is 11.5. The number of pyridine rings is 1. The maximum Gasteiger partial charge on any atom is 0.221 e. The summed E-state index contributed by atoms with van der Waals surface area (Å²) in [6.45, 7) is 1.98. The normalized spacial score (nSPS) is 10.6. The molecule has 0 saturated carbocycles. The molecular formula is C16H14ClN3O. The molecule has 4 nitrogen and oxygen atoms in total. The van der Waals surface area contributed by atoms with Gasteiger partial charge in [-0.05, 0) is 31.2 Å². The van der Waals surface area contributed by atoms with Crippen LogP contribution >= 0.6 is 11.6 Å². The summed E-state index contributed by atoms with van der Waals surface area (Å²) in [6.07, 6.45) is 1.71. The van der Waals surface area contributed by atoms with Gasteiger partial charge in [0.15, 0.2) is 0 Å². The molecule has 2 aromatic heterocycles. The zero-order valence-electron chi connectivity index (χ0n) is 11.7. The number of methoxy groups -OCH3 is 1. The molecule has 0 atom stereocenters. The van der Waals surface area contributed by atoms with Gasteiger partial charge in [0.2, 0.25) is 5.88 Å². The molecule has 0 radical (unpaired) electrons. The second kappa shape index (κ2) is 5.58. The Morgan fingerprint density at radius 2 is 2.05 bits per heavy atom. The third kappa shape index (κ3) is 2.50. The summed E-state index contributed by atoms with van der Waals surface area (Å²) in [5.41, 5.74) is 4.62. The molecule has 5 heteroatoms. The number of ether oxygens (including phenoxy) is 1. The van der Waals surface area contributed by atoms with Gasteiger partial charge in [0.05, 0.1) is 7.11 Å². The van der Waals surface area contributed by atoms with E-state index in [1.54, 1.807) is 13.3 Å². The number of nitrogens with one attached hydrogen (secondary N) is 1. The number of rotatable bonds is 3. The third-order valence-electron chi connectivity index (χ3n) is 3.28. The van der Waals surface area contributed by atoms with Gasteiger partial charge in [0.1, 0.15) is 5.69 Å². The van der Waals surface area contributed by atoms with Crippen LogP contribution < -0.4 is 4.74 Å². The largest absolute Gasteiger partial charge is 0.481 e. The van der Waals surface area contributed by atoms with Crippen LogP contribution in [0, 0.1) is 6.92 Å². The zero-order chi connectivity index (χ0) is 14.8. The molecule has 0 unspecified atom stereocenters. The Kier molecular flexibility index (Phi) is 3.62. The molecule has 1 aromatic carbocycles. The molecule has 2 heterocycles. The maximum atomic E-state index is 6.08. The van der Waals surface area contributed by atoms with Crippen molar-refractivity contribution < 1.29 is 4.74 Å². The van der Waals surface area contributed by atoms with E-state index in [1.165, 1.54) is 0 Å². The average molecular weight is 300 g/mol. The Morgan fingerprint density at radius 3 is 2.81 bits per heavy atom. The lowest BCUT2D eigenvalue weighted by atomic mass is 10.0. The molecule has 0 spiro atoms. The Bertz CT molecular complexity index is 783. The minimum Gasteiger partial charge on any atom is -0.481 e. The van der Waals surface area contributed by atoms with Crippen LogP contribution in [0.1, 0.15) is 5.69 Å². The SMILES string of the molecule is COc1ncccc1-c1c(-c2cccc(Cl)c2)n[nH]c1C. The highest BCUT2D eigenvalue weighted by Gasteiger charge is 2.18. The molecule has 1 N–H and O–H groups in total. The van der Waals surface area contributed by atoms with E-state index < -0.39 is 0 Å². The fraction of sp³-hybridized carbons (Fsp3) is 0.125.